The van der Waals surface area contributed by atoms with Gasteiger partial charge in [0.1, 0.15) is 27.8 Å². The lowest BCUT2D eigenvalue weighted by Crippen LogP contribution is -2.17. The maximum Gasteiger partial charge on any atom is 0.152 e. The second kappa shape index (κ2) is 5.63. The van der Waals surface area contributed by atoms with E-state index in [1.165, 1.54) is 6.07 Å². The minimum absolute atomic E-state index is 0.214. The SMILES string of the molecule is CC(C)(C)c1nc(Br)cc(Nc2c(F)cc(F)cc2F)n1. The lowest BCUT2D eigenvalue weighted by molar-refractivity contribution is 0.543. The third kappa shape index (κ3) is 3.72. The van der Waals surface area contributed by atoms with Crippen molar-refractivity contribution in [1.29, 1.82) is 0 Å². The van der Waals surface area contributed by atoms with Gasteiger partial charge >= 0.3 is 0 Å². The molecule has 0 aliphatic rings. The molecule has 0 radical (unpaired) electrons. The molecule has 1 heterocycles. The molecule has 7 heteroatoms. The van der Waals surface area contributed by atoms with Crippen LogP contribution in [-0.4, -0.2) is 9.97 Å². The van der Waals surface area contributed by atoms with E-state index in [0.29, 0.717) is 22.6 Å². The minimum Gasteiger partial charge on any atom is -0.335 e. The summed E-state index contributed by atoms with van der Waals surface area (Å²) in [4.78, 5) is 8.45. The molecular formula is C14H13BrF3N3. The summed E-state index contributed by atoms with van der Waals surface area (Å²) in [6, 6.07) is 2.69. The normalized spacial score (nSPS) is 11.6. The quantitative estimate of drug-likeness (QED) is 0.789. The van der Waals surface area contributed by atoms with Crippen molar-refractivity contribution in [2.75, 3.05) is 5.32 Å². The van der Waals surface area contributed by atoms with Crippen LogP contribution in [0.15, 0.2) is 22.8 Å². The van der Waals surface area contributed by atoms with Gasteiger partial charge in [0, 0.05) is 23.6 Å². The number of nitrogens with zero attached hydrogens (tertiary/aromatic N) is 2. The van der Waals surface area contributed by atoms with Gasteiger partial charge in [-0.1, -0.05) is 20.8 Å². The summed E-state index contributed by atoms with van der Waals surface area (Å²) < 4.78 is 40.6. The number of rotatable bonds is 2. The van der Waals surface area contributed by atoms with Crippen LogP contribution in [-0.2, 0) is 5.41 Å². The molecule has 3 nitrogen and oxygen atoms in total. The van der Waals surface area contributed by atoms with Gasteiger partial charge in [-0.25, -0.2) is 23.1 Å². The number of halogens is 4. The average molecular weight is 360 g/mol. The first-order valence-electron chi connectivity index (χ1n) is 6.13. The molecule has 0 spiro atoms. The molecule has 112 valence electrons. The fraction of sp³-hybridized carbons (Fsp3) is 0.286. The molecular weight excluding hydrogens is 347 g/mol. The van der Waals surface area contributed by atoms with Crippen molar-refractivity contribution in [3.05, 3.63) is 46.1 Å². The van der Waals surface area contributed by atoms with Gasteiger partial charge in [-0.15, -0.1) is 0 Å². The Kier molecular flexibility index (Phi) is 4.22. The van der Waals surface area contributed by atoms with Crippen LogP contribution in [0, 0.1) is 17.5 Å². The smallest absolute Gasteiger partial charge is 0.152 e. The monoisotopic (exact) mass is 359 g/mol. The summed E-state index contributed by atoms with van der Waals surface area (Å²) in [7, 11) is 0. The van der Waals surface area contributed by atoms with E-state index in [4.69, 9.17) is 0 Å². The van der Waals surface area contributed by atoms with Gasteiger partial charge in [0.15, 0.2) is 11.6 Å². The standard InChI is InChI=1S/C14H13BrF3N3/c1-14(2,3)13-19-10(15)6-11(21-13)20-12-8(17)4-7(16)5-9(12)18/h4-6H,1-3H3,(H,19,20,21). The van der Waals surface area contributed by atoms with Crippen LogP contribution in [0.25, 0.3) is 0 Å². The van der Waals surface area contributed by atoms with Gasteiger partial charge in [0.2, 0.25) is 0 Å². The van der Waals surface area contributed by atoms with E-state index < -0.39 is 23.1 Å². The van der Waals surface area contributed by atoms with Crippen molar-refractivity contribution in [2.45, 2.75) is 26.2 Å². The summed E-state index contributed by atoms with van der Waals surface area (Å²) in [6.45, 7) is 5.74. The Balaban J connectivity index is 2.43. The van der Waals surface area contributed by atoms with Gasteiger partial charge in [0.05, 0.1) is 0 Å². The van der Waals surface area contributed by atoms with Crippen molar-refractivity contribution in [2.24, 2.45) is 0 Å². The second-order valence-corrected chi connectivity index (χ2v) is 6.33. The van der Waals surface area contributed by atoms with Crippen LogP contribution in [0.1, 0.15) is 26.6 Å². The Labute approximate surface area is 128 Å². The van der Waals surface area contributed by atoms with Crippen LogP contribution in [0.4, 0.5) is 24.7 Å². The van der Waals surface area contributed by atoms with Crippen molar-refractivity contribution in [1.82, 2.24) is 9.97 Å². The first-order valence-corrected chi connectivity index (χ1v) is 6.93. The first kappa shape index (κ1) is 15.8. The molecule has 0 saturated heterocycles. The number of aromatic nitrogens is 2. The Morgan fingerprint density at radius 3 is 2.10 bits per heavy atom. The molecule has 0 fully saturated rings. The minimum atomic E-state index is -1.03. The lowest BCUT2D eigenvalue weighted by Gasteiger charge is -2.18. The van der Waals surface area contributed by atoms with E-state index in [-0.39, 0.29) is 11.2 Å². The zero-order valence-electron chi connectivity index (χ0n) is 11.6. The summed E-state index contributed by atoms with van der Waals surface area (Å²) in [5.74, 6) is -2.32. The molecule has 1 N–H and O–H groups in total. The fourth-order valence-corrected chi connectivity index (χ4v) is 1.99. The van der Waals surface area contributed by atoms with Crippen LogP contribution >= 0.6 is 15.9 Å². The summed E-state index contributed by atoms with van der Waals surface area (Å²) in [6.07, 6.45) is 0. The number of nitrogens with one attached hydrogen (secondary N) is 1. The predicted octanol–water partition coefficient (Wildman–Crippen LogP) is 4.70. The van der Waals surface area contributed by atoms with E-state index in [1.807, 2.05) is 20.8 Å². The van der Waals surface area contributed by atoms with Crippen LogP contribution in [0.5, 0.6) is 0 Å². The number of hydrogen-bond donors (Lipinski definition) is 1. The topological polar surface area (TPSA) is 37.8 Å². The summed E-state index contributed by atoms with van der Waals surface area (Å²) in [5.41, 5.74) is -0.790. The maximum absolute atomic E-state index is 13.6. The Morgan fingerprint density at radius 1 is 1.00 bits per heavy atom. The zero-order valence-corrected chi connectivity index (χ0v) is 13.2. The molecule has 0 amide bonds. The van der Waals surface area contributed by atoms with Crippen molar-refractivity contribution in [3.8, 4) is 0 Å². The third-order valence-corrected chi connectivity index (χ3v) is 3.03. The molecule has 1 aromatic carbocycles. The molecule has 0 saturated carbocycles. The van der Waals surface area contributed by atoms with E-state index >= 15 is 0 Å². The molecule has 2 rings (SSSR count). The fourth-order valence-electron chi connectivity index (χ4n) is 1.61. The molecule has 21 heavy (non-hydrogen) atoms. The number of benzene rings is 1. The Hall–Kier alpha value is -1.63. The highest BCUT2D eigenvalue weighted by atomic mass is 79.9. The van der Waals surface area contributed by atoms with Crippen molar-refractivity contribution in [3.63, 3.8) is 0 Å². The van der Waals surface area contributed by atoms with Crippen molar-refractivity contribution < 1.29 is 13.2 Å². The lowest BCUT2D eigenvalue weighted by atomic mass is 9.96. The highest BCUT2D eigenvalue weighted by Crippen LogP contribution is 2.27. The van der Waals surface area contributed by atoms with Gasteiger partial charge < -0.3 is 5.32 Å². The summed E-state index contributed by atoms with van der Waals surface area (Å²) >= 11 is 3.23. The van der Waals surface area contributed by atoms with E-state index in [2.05, 4.69) is 31.2 Å². The predicted molar refractivity (Wildman–Crippen MR) is 78.0 cm³/mol. The van der Waals surface area contributed by atoms with Crippen LogP contribution in [0.3, 0.4) is 0 Å². The number of anilines is 2. The van der Waals surface area contributed by atoms with Gasteiger partial charge in [-0.2, -0.15) is 0 Å². The molecule has 0 bridgehead atoms. The summed E-state index contributed by atoms with van der Waals surface area (Å²) in [5, 5.41) is 2.52. The molecule has 1 aromatic heterocycles. The Bertz CT molecular complexity index is 661. The van der Waals surface area contributed by atoms with Crippen molar-refractivity contribution >= 4 is 27.4 Å². The highest BCUT2D eigenvalue weighted by Gasteiger charge is 2.20. The van der Waals surface area contributed by atoms with Crippen LogP contribution in [0.2, 0.25) is 0 Å². The van der Waals surface area contributed by atoms with Gasteiger partial charge in [-0.3, -0.25) is 0 Å². The molecule has 0 aliphatic carbocycles. The average Bonchev–Trinajstić information content (AvgIpc) is 2.32. The van der Waals surface area contributed by atoms with E-state index in [0.717, 1.165) is 0 Å². The first-order chi connectivity index (χ1) is 9.66. The molecule has 0 aliphatic heterocycles. The molecule has 2 aromatic rings. The Morgan fingerprint density at radius 2 is 1.57 bits per heavy atom. The largest absolute Gasteiger partial charge is 0.335 e. The molecule has 0 atom stereocenters. The van der Waals surface area contributed by atoms with E-state index in [1.54, 1.807) is 0 Å². The molecule has 0 unspecified atom stereocenters. The van der Waals surface area contributed by atoms with E-state index in [9.17, 15) is 13.2 Å². The number of hydrogen-bond acceptors (Lipinski definition) is 3. The third-order valence-electron chi connectivity index (χ3n) is 2.63. The zero-order chi connectivity index (χ0) is 15.8. The van der Waals surface area contributed by atoms with Crippen LogP contribution < -0.4 is 5.32 Å². The second-order valence-electron chi connectivity index (χ2n) is 5.52. The highest BCUT2D eigenvalue weighted by molar-refractivity contribution is 9.10. The van der Waals surface area contributed by atoms with Gasteiger partial charge in [-0.05, 0) is 15.9 Å². The maximum atomic E-state index is 13.6. The van der Waals surface area contributed by atoms with Gasteiger partial charge in [0.25, 0.3) is 0 Å².